The molecule has 1 fully saturated rings. The molecule has 2 N–H and O–H groups in total. The van der Waals surface area contributed by atoms with Crippen molar-refractivity contribution in [2.24, 2.45) is 0 Å². The number of rotatable bonds is 1. The third-order valence-electron chi connectivity index (χ3n) is 1.81. The summed E-state index contributed by atoms with van der Waals surface area (Å²) in [5, 5.41) is 18.3. The Kier molecular flexibility index (Phi) is 2.44. The van der Waals surface area contributed by atoms with E-state index in [1.165, 1.54) is 0 Å². The summed E-state index contributed by atoms with van der Waals surface area (Å²) in [6, 6.07) is 0. The molecule has 0 aliphatic carbocycles. The summed E-state index contributed by atoms with van der Waals surface area (Å²) >= 11 is 1.58. The van der Waals surface area contributed by atoms with Crippen LogP contribution >= 0.6 is 11.8 Å². The van der Waals surface area contributed by atoms with Crippen LogP contribution < -0.4 is 0 Å². The van der Waals surface area contributed by atoms with Crippen molar-refractivity contribution in [3.8, 4) is 0 Å². The maximum atomic E-state index is 9.35. The zero-order valence-corrected chi connectivity index (χ0v) is 6.77. The Bertz CT molecular complexity index is 151. The maximum absolute atomic E-state index is 9.35. The number of aliphatic hydroxyl groups is 2. The van der Waals surface area contributed by atoms with Crippen LogP contribution in [-0.4, -0.2) is 41.2 Å². The lowest BCUT2D eigenvalue weighted by Gasteiger charge is -2.08. The Morgan fingerprint density at radius 1 is 1.70 bits per heavy atom. The van der Waals surface area contributed by atoms with E-state index in [1.54, 1.807) is 11.8 Å². The van der Waals surface area contributed by atoms with E-state index in [-0.39, 0.29) is 17.0 Å². The highest BCUT2D eigenvalue weighted by atomic mass is 32.2. The monoisotopic (exact) mass is 158 g/mol. The fraction of sp³-hybridized carbons (Fsp3) is 0.667. The van der Waals surface area contributed by atoms with E-state index in [4.69, 9.17) is 5.11 Å². The molecule has 1 aliphatic rings. The van der Waals surface area contributed by atoms with Gasteiger partial charge < -0.3 is 10.2 Å². The van der Waals surface area contributed by atoms with Crippen molar-refractivity contribution in [2.45, 2.75) is 16.5 Å². The molecule has 4 heteroatoms. The van der Waals surface area contributed by atoms with E-state index >= 15 is 0 Å². The highest BCUT2D eigenvalue weighted by Crippen LogP contribution is 2.34. The molecule has 3 atom stereocenters. The molecule has 0 radical (unpaired) electrons. The van der Waals surface area contributed by atoms with E-state index in [0.29, 0.717) is 0 Å². The Morgan fingerprint density at radius 2 is 2.30 bits per heavy atom. The molecule has 0 spiro atoms. The molecule has 1 saturated heterocycles. The van der Waals surface area contributed by atoms with Crippen molar-refractivity contribution in [2.75, 3.05) is 6.61 Å². The lowest BCUT2D eigenvalue weighted by Crippen LogP contribution is -2.22. The van der Waals surface area contributed by atoms with Gasteiger partial charge in [0, 0.05) is 0 Å². The molecule has 0 aromatic rings. The molecule has 0 aromatic heterocycles. The van der Waals surface area contributed by atoms with Gasteiger partial charge in [-0.2, -0.15) is 11.8 Å². The summed E-state index contributed by atoms with van der Waals surface area (Å²) in [6.45, 7) is 3.77. The topological polar surface area (TPSA) is 40.5 Å². The lowest BCUT2D eigenvalue weighted by molar-refractivity contribution is 0.174. The summed E-state index contributed by atoms with van der Waals surface area (Å²) in [4.78, 5) is 0. The molecule has 2 nitrogen and oxygen atoms in total. The van der Waals surface area contributed by atoms with Crippen LogP contribution in [0.1, 0.15) is 0 Å². The van der Waals surface area contributed by atoms with Crippen molar-refractivity contribution < 1.29 is 10.2 Å². The molecular weight excluding hydrogens is 147 g/mol. The molecular formula is C6H11BO2S. The van der Waals surface area contributed by atoms with E-state index < -0.39 is 6.10 Å². The molecule has 0 amide bonds. The van der Waals surface area contributed by atoms with Gasteiger partial charge in [0.1, 0.15) is 7.85 Å². The first-order valence-corrected chi connectivity index (χ1v) is 4.24. The predicted octanol–water partition coefficient (Wildman–Crippen LogP) is -1.03. The zero-order chi connectivity index (χ0) is 7.72. The first-order valence-electron chi connectivity index (χ1n) is 3.30. The fourth-order valence-electron chi connectivity index (χ4n) is 1.05. The van der Waals surface area contributed by atoms with Crippen LogP contribution in [0.5, 0.6) is 0 Å². The van der Waals surface area contributed by atoms with Crippen LogP contribution in [0.3, 0.4) is 0 Å². The van der Waals surface area contributed by atoms with Crippen molar-refractivity contribution in [3.63, 3.8) is 0 Å². The number of hydrogen-bond acceptors (Lipinski definition) is 3. The third-order valence-corrected chi connectivity index (χ3v) is 3.28. The number of aliphatic hydroxyl groups excluding tert-OH is 2. The third kappa shape index (κ3) is 1.24. The van der Waals surface area contributed by atoms with Gasteiger partial charge in [-0.3, -0.25) is 0 Å². The van der Waals surface area contributed by atoms with Crippen LogP contribution in [0.25, 0.3) is 0 Å². The second-order valence-electron chi connectivity index (χ2n) is 2.52. The summed E-state index contributed by atoms with van der Waals surface area (Å²) < 4.78 is 0. The second-order valence-corrected chi connectivity index (χ2v) is 4.10. The van der Waals surface area contributed by atoms with Gasteiger partial charge in [-0.1, -0.05) is 6.58 Å². The highest BCUT2D eigenvalue weighted by Gasteiger charge is 2.33. The van der Waals surface area contributed by atoms with Gasteiger partial charge >= 0.3 is 0 Å². The van der Waals surface area contributed by atoms with Crippen LogP contribution in [0.2, 0.25) is 0 Å². The zero-order valence-electron chi connectivity index (χ0n) is 5.95. The lowest BCUT2D eigenvalue weighted by atomic mass is 9.93. The molecule has 56 valence electrons. The molecule has 1 heterocycles. The Morgan fingerprint density at radius 3 is 2.50 bits per heavy atom. The van der Waals surface area contributed by atoms with Crippen molar-refractivity contribution in [1.82, 2.24) is 0 Å². The van der Waals surface area contributed by atoms with Crippen LogP contribution in [-0.2, 0) is 0 Å². The van der Waals surface area contributed by atoms with Gasteiger partial charge in [0.05, 0.1) is 18.0 Å². The van der Waals surface area contributed by atoms with Crippen LogP contribution in [0, 0.1) is 0 Å². The molecule has 0 aromatic carbocycles. The van der Waals surface area contributed by atoms with Gasteiger partial charge in [0.2, 0.25) is 0 Å². The van der Waals surface area contributed by atoms with Crippen LogP contribution in [0.15, 0.2) is 12.2 Å². The first kappa shape index (κ1) is 8.17. The summed E-state index contributed by atoms with van der Waals surface area (Å²) in [5.74, 6) is 0. The second kappa shape index (κ2) is 2.99. The standard InChI is InChI=1S/C6H11BO2S/c1-3-5(9)4(2-8)10-6(3)7/h4-6,8-9H,1-2,7H2/t4-,5+,6?/m1/s1. The Balaban J connectivity index is 2.61. The van der Waals surface area contributed by atoms with Gasteiger partial charge in [-0.05, 0) is 10.7 Å². The summed E-state index contributed by atoms with van der Waals surface area (Å²) in [6.07, 6.45) is -0.509. The van der Waals surface area contributed by atoms with Crippen molar-refractivity contribution >= 4 is 19.6 Å². The molecule has 1 aliphatic heterocycles. The van der Waals surface area contributed by atoms with Gasteiger partial charge in [0.15, 0.2) is 0 Å². The molecule has 1 unspecified atom stereocenters. The average molecular weight is 158 g/mol. The first-order chi connectivity index (χ1) is 4.66. The van der Waals surface area contributed by atoms with Crippen molar-refractivity contribution in [3.05, 3.63) is 12.2 Å². The minimum absolute atomic E-state index is 0.0369. The van der Waals surface area contributed by atoms with Gasteiger partial charge in [-0.15, -0.1) is 0 Å². The minimum Gasteiger partial charge on any atom is -0.395 e. The highest BCUT2D eigenvalue weighted by molar-refractivity contribution is 8.02. The smallest absolute Gasteiger partial charge is 0.123 e. The van der Waals surface area contributed by atoms with Gasteiger partial charge in [-0.25, -0.2) is 0 Å². The molecule has 0 saturated carbocycles. The van der Waals surface area contributed by atoms with E-state index in [2.05, 4.69) is 6.58 Å². The van der Waals surface area contributed by atoms with Crippen molar-refractivity contribution in [1.29, 1.82) is 0 Å². The molecule has 10 heavy (non-hydrogen) atoms. The normalized spacial score (nSPS) is 40.6. The maximum Gasteiger partial charge on any atom is 0.123 e. The van der Waals surface area contributed by atoms with E-state index in [1.807, 2.05) is 7.85 Å². The quantitative estimate of drug-likeness (QED) is 0.378. The SMILES string of the molecule is BC1S[C@H](CO)[C@@H](O)C1=C. The Labute approximate surface area is 65.7 Å². The van der Waals surface area contributed by atoms with E-state index in [0.717, 1.165) is 5.57 Å². The minimum atomic E-state index is -0.509. The largest absolute Gasteiger partial charge is 0.395 e. The number of thioether (sulfide) groups is 1. The summed E-state index contributed by atoms with van der Waals surface area (Å²) in [5.41, 5.74) is 0.837. The van der Waals surface area contributed by atoms with Crippen LogP contribution in [0.4, 0.5) is 0 Å². The Hall–Kier alpha value is 0.0749. The summed E-state index contributed by atoms with van der Waals surface area (Å²) in [7, 11) is 1.99. The number of hydrogen-bond donors (Lipinski definition) is 2. The predicted molar refractivity (Wildman–Crippen MR) is 45.9 cm³/mol. The fourth-order valence-corrected chi connectivity index (χ4v) is 2.29. The van der Waals surface area contributed by atoms with Gasteiger partial charge in [0.25, 0.3) is 0 Å². The molecule has 0 bridgehead atoms. The molecule has 1 rings (SSSR count). The average Bonchev–Trinajstić information content (AvgIpc) is 2.17. The van der Waals surface area contributed by atoms with E-state index in [9.17, 15) is 5.11 Å².